The van der Waals surface area contributed by atoms with Gasteiger partial charge >= 0.3 is 0 Å². The SMILES string of the molecule is COc1ccc2c(c1OC)CC(NCC(O)c1cccc(Cl)c1)C2. The summed E-state index contributed by atoms with van der Waals surface area (Å²) in [5.74, 6) is 1.57. The van der Waals surface area contributed by atoms with Gasteiger partial charge in [0.2, 0.25) is 0 Å². The van der Waals surface area contributed by atoms with Gasteiger partial charge in [0, 0.05) is 23.2 Å². The summed E-state index contributed by atoms with van der Waals surface area (Å²) in [5.41, 5.74) is 3.28. The van der Waals surface area contributed by atoms with Crippen LogP contribution in [0.25, 0.3) is 0 Å². The number of aliphatic hydroxyl groups is 1. The Kier molecular flexibility index (Phi) is 5.29. The van der Waals surface area contributed by atoms with Crippen molar-refractivity contribution in [2.75, 3.05) is 20.8 Å². The Morgan fingerprint density at radius 3 is 2.75 bits per heavy atom. The van der Waals surface area contributed by atoms with Gasteiger partial charge in [0.05, 0.1) is 20.3 Å². The van der Waals surface area contributed by atoms with Crippen LogP contribution in [0.15, 0.2) is 36.4 Å². The summed E-state index contributed by atoms with van der Waals surface area (Å²) in [6.07, 6.45) is 1.19. The Morgan fingerprint density at radius 1 is 1.21 bits per heavy atom. The van der Waals surface area contributed by atoms with Crippen molar-refractivity contribution in [1.82, 2.24) is 5.32 Å². The predicted molar refractivity (Wildman–Crippen MR) is 95.2 cm³/mol. The van der Waals surface area contributed by atoms with Crippen molar-refractivity contribution in [3.63, 3.8) is 0 Å². The first-order valence-corrected chi connectivity index (χ1v) is 8.39. The van der Waals surface area contributed by atoms with Gasteiger partial charge in [-0.25, -0.2) is 0 Å². The van der Waals surface area contributed by atoms with E-state index in [0.717, 1.165) is 29.9 Å². The first-order chi connectivity index (χ1) is 11.6. The third-order valence-electron chi connectivity index (χ3n) is 4.50. The molecule has 0 amide bonds. The zero-order valence-electron chi connectivity index (χ0n) is 13.9. The number of aliphatic hydroxyl groups excluding tert-OH is 1. The molecule has 2 aromatic carbocycles. The van der Waals surface area contributed by atoms with E-state index in [-0.39, 0.29) is 6.04 Å². The van der Waals surface area contributed by atoms with Crippen LogP contribution in [-0.4, -0.2) is 31.9 Å². The molecule has 0 heterocycles. The molecule has 2 N–H and O–H groups in total. The molecule has 4 nitrogen and oxygen atoms in total. The molecular weight excluding hydrogens is 326 g/mol. The molecule has 2 aromatic rings. The highest BCUT2D eigenvalue weighted by atomic mass is 35.5. The van der Waals surface area contributed by atoms with Gasteiger partial charge in [-0.05, 0) is 42.2 Å². The number of halogens is 1. The molecule has 0 saturated heterocycles. The molecule has 0 aliphatic heterocycles. The molecule has 2 unspecified atom stereocenters. The van der Waals surface area contributed by atoms with Crippen LogP contribution in [0.4, 0.5) is 0 Å². The standard InChI is InChI=1S/C19H22ClNO3/c1-23-18-7-6-12-9-15(10-16(12)19(18)24-2)21-11-17(22)13-4-3-5-14(20)8-13/h3-8,15,17,21-22H,9-11H2,1-2H3. The van der Waals surface area contributed by atoms with E-state index < -0.39 is 6.10 Å². The molecule has 0 saturated carbocycles. The maximum atomic E-state index is 10.3. The van der Waals surface area contributed by atoms with E-state index in [1.165, 1.54) is 11.1 Å². The zero-order chi connectivity index (χ0) is 17.1. The fourth-order valence-corrected chi connectivity index (χ4v) is 3.48. The average Bonchev–Trinajstić information content (AvgIpc) is 3.01. The monoisotopic (exact) mass is 347 g/mol. The van der Waals surface area contributed by atoms with Crippen LogP contribution >= 0.6 is 11.6 Å². The number of hydrogen-bond acceptors (Lipinski definition) is 4. The second-order valence-corrected chi connectivity index (χ2v) is 6.46. The lowest BCUT2D eigenvalue weighted by Gasteiger charge is -2.17. The Hall–Kier alpha value is -1.75. The summed E-state index contributed by atoms with van der Waals surface area (Å²) in [6.45, 7) is 0.485. The summed E-state index contributed by atoms with van der Waals surface area (Å²) in [6, 6.07) is 11.6. The van der Waals surface area contributed by atoms with E-state index in [4.69, 9.17) is 21.1 Å². The molecule has 5 heteroatoms. The van der Waals surface area contributed by atoms with Crippen molar-refractivity contribution in [2.24, 2.45) is 0 Å². The molecule has 0 radical (unpaired) electrons. The van der Waals surface area contributed by atoms with Crippen molar-refractivity contribution in [3.8, 4) is 11.5 Å². The molecule has 1 aliphatic carbocycles. The Morgan fingerprint density at radius 2 is 2.04 bits per heavy atom. The number of methoxy groups -OCH3 is 2. The minimum absolute atomic E-state index is 0.273. The van der Waals surface area contributed by atoms with Crippen LogP contribution in [-0.2, 0) is 12.8 Å². The molecule has 128 valence electrons. The van der Waals surface area contributed by atoms with Crippen molar-refractivity contribution in [1.29, 1.82) is 0 Å². The van der Waals surface area contributed by atoms with Crippen LogP contribution in [0.5, 0.6) is 11.5 Å². The molecule has 0 fully saturated rings. The van der Waals surface area contributed by atoms with Gasteiger partial charge < -0.3 is 19.9 Å². The third-order valence-corrected chi connectivity index (χ3v) is 4.73. The number of ether oxygens (including phenoxy) is 2. The molecule has 2 atom stereocenters. The Bertz CT molecular complexity index is 720. The van der Waals surface area contributed by atoms with E-state index in [2.05, 4.69) is 11.4 Å². The highest BCUT2D eigenvalue weighted by Gasteiger charge is 2.26. The van der Waals surface area contributed by atoms with Crippen LogP contribution in [0.2, 0.25) is 5.02 Å². The first kappa shape index (κ1) is 17.1. The quantitative estimate of drug-likeness (QED) is 0.843. The van der Waals surface area contributed by atoms with Gasteiger partial charge in [-0.3, -0.25) is 0 Å². The van der Waals surface area contributed by atoms with Gasteiger partial charge in [-0.1, -0.05) is 29.8 Å². The number of rotatable bonds is 6. The summed E-state index contributed by atoms with van der Waals surface area (Å²) >= 11 is 5.98. The van der Waals surface area contributed by atoms with Gasteiger partial charge in [0.1, 0.15) is 0 Å². The molecular formula is C19H22ClNO3. The number of hydrogen-bond donors (Lipinski definition) is 2. The number of benzene rings is 2. The summed E-state index contributed by atoms with van der Waals surface area (Å²) in [4.78, 5) is 0. The third kappa shape index (κ3) is 3.51. The highest BCUT2D eigenvalue weighted by molar-refractivity contribution is 6.30. The van der Waals surface area contributed by atoms with Crippen molar-refractivity contribution in [3.05, 3.63) is 58.1 Å². The number of nitrogens with one attached hydrogen (secondary N) is 1. The lowest BCUT2D eigenvalue weighted by molar-refractivity contribution is 0.170. The fourth-order valence-electron chi connectivity index (χ4n) is 3.29. The van der Waals surface area contributed by atoms with Crippen LogP contribution in [0.1, 0.15) is 22.8 Å². The van der Waals surface area contributed by atoms with E-state index in [1.807, 2.05) is 18.2 Å². The molecule has 24 heavy (non-hydrogen) atoms. The minimum atomic E-state index is -0.580. The summed E-state index contributed by atoms with van der Waals surface area (Å²) in [7, 11) is 3.32. The minimum Gasteiger partial charge on any atom is -0.493 e. The topological polar surface area (TPSA) is 50.7 Å². The van der Waals surface area contributed by atoms with E-state index >= 15 is 0 Å². The van der Waals surface area contributed by atoms with E-state index in [0.29, 0.717) is 11.6 Å². The second-order valence-electron chi connectivity index (χ2n) is 6.02. The largest absolute Gasteiger partial charge is 0.493 e. The molecule has 0 aromatic heterocycles. The van der Waals surface area contributed by atoms with Gasteiger partial charge in [-0.2, -0.15) is 0 Å². The van der Waals surface area contributed by atoms with Crippen LogP contribution in [0.3, 0.4) is 0 Å². The van der Waals surface area contributed by atoms with Gasteiger partial charge in [-0.15, -0.1) is 0 Å². The lowest BCUT2D eigenvalue weighted by atomic mass is 10.1. The van der Waals surface area contributed by atoms with Crippen molar-refractivity contribution < 1.29 is 14.6 Å². The predicted octanol–water partition coefficient (Wildman–Crippen LogP) is 3.15. The maximum absolute atomic E-state index is 10.3. The Balaban J connectivity index is 1.64. The van der Waals surface area contributed by atoms with Crippen LogP contribution < -0.4 is 14.8 Å². The smallest absolute Gasteiger partial charge is 0.164 e. The normalized spacial score (nSPS) is 17.4. The molecule has 0 spiro atoms. The highest BCUT2D eigenvalue weighted by Crippen LogP contribution is 2.38. The zero-order valence-corrected chi connectivity index (χ0v) is 14.6. The van der Waals surface area contributed by atoms with E-state index in [9.17, 15) is 5.11 Å². The molecule has 0 bridgehead atoms. The second kappa shape index (κ2) is 7.43. The number of fused-ring (bicyclic) bond motifs is 1. The van der Waals surface area contributed by atoms with Gasteiger partial charge in [0.15, 0.2) is 11.5 Å². The summed E-state index contributed by atoms with van der Waals surface area (Å²) in [5, 5.41) is 14.4. The molecule has 1 aliphatic rings. The first-order valence-electron chi connectivity index (χ1n) is 8.02. The summed E-state index contributed by atoms with van der Waals surface area (Å²) < 4.78 is 10.9. The maximum Gasteiger partial charge on any atom is 0.164 e. The van der Waals surface area contributed by atoms with Crippen molar-refractivity contribution >= 4 is 11.6 Å². The van der Waals surface area contributed by atoms with E-state index in [1.54, 1.807) is 26.4 Å². The lowest BCUT2D eigenvalue weighted by Crippen LogP contribution is -2.33. The molecule has 3 rings (SSSR count). The Labute approximate surface area is 147 Å². The average molecular weight is 348 g/mol. The fraction of sp³-hybridized carbons (Fsp3) is 0.368. The van der Waals surface area contributed by atoms with Gasteiger partial charge in [0.25, 0.3) is 0 Å². The van der Waals surface area contributed by atoms with Crippen LogP contribution in [0, 0.1) is 0 Å². The van der Waals surface area contributed by atoms with Crippen molar-refractivity contribution in [2.45, 2.75) is 25.0 Å².